The van der Waals surface area contributed by atoms with Crippen LogP contribution in [0, 0.1) is 5.92 Å². The third-order valence-electron chi connectivity index (χ3n) is 2.64. The zero-order valence-electron chi connectivity index (χ0n) is 10.6. The van der Waals surface area contributed by atoms with E-state index in [4.69, 9.17) is 28.3 Å². The fourth-order valence-corrected chi connectivity index (χ4v) is 2.03. The Morgan fingerprint density at radius 2 is 2.00 bits per heavy atom. The number of aliphatic hydroxyl groups excluding tert-OH is 1. The van der Waals surface area contributed by atoms with Gasteiger partial charge in [0.25, 0.3) is 0 Å². The molecule has 3 N–H and O–H groups in total. The molecule has 0 amide bonds. The summed E-state index contributed by atoms with van der Waals surface area (Å²) in [6, 6.07) is 1.67. The number of hydrogen-bond acceptors (Lipinski definition) is 4. The van der Waals surface area contributed by atoms with Gasteiger partial charge in [0.2, 0.25) is 0 Å². The normalized spacial score (nSPS) is 12.3. The van der Waals surface area contributed by atoms with Gasteiger partial charge in [-0.05, 0) is 24.8 Å². The maximum atomic E-state index is 8.92. The van der Waals surface area contributed by atoms with Crippen molar-refractivity contribution in [2.45, 2.75) is 19.8 Å². The lowest BCUT2D eigenvalue weighted by molar-refractivity contribution is 0.229. The van der Waals surface area contributed by atoms with Crippen LogP contribution in [0.3, 0.4) is 0 Å². The van der Waals surface area contributed by atoms with Crippen molar-refractivity contribution in [3.63, 3.8) is 0 Å². The fraction of sp³-hybridized carbons (Fsp3) is 0.583. The molecule has 4 nitrogen and oxygen atoms in total. The molecule has 18 heavy (non-hydrogen) atoms. The number of nitrogens with one attached hydrogen (secondary N) is 2. The smallest absolute Gasteiger partial charge is 0.147 e. The van der Waals surface area contributed by atoms with Crippen LogP contribution in [0.2, 0.25) is 10.0 Å². The first-order valence-corrected chi connectivity index (χ1v) is 6.72. The number of nitrogens with zero attached hydrogens (tertiary/aromatic N) is 1. The standard InChI is InChI=1S/C12H19Cl2N3O/c1-8(7-18)4-3-5-16-12-10(14)6-9(13)11(15-2)17-12/h6,8,18H,3-5,7H2,1-2H3,(H2,15,16,17). The Labute approximate surface area is 118 Å². The number of anilines is 2. The fourth-order valence-electron chi connectivity index (χ4n) is 1.51. The largest absolute Gasteiger partial charge is 0.396 e. The molecule has 0 fully saturated rings. The van der Waals surface area contributed by atoms with Gasteiger partial charge < -0.3 is 15.7 Å². The van der Waals surface area contributed by atoms with Crippen molar-refractivity contribution in [3.05, 3.63) is 16.1 Å². The van der Waals surface area contributed by atoms with Gasteiger partial charge in [0.15, 0.2) is 0 Å². The van der Waals surface area contributed by atoms with E-state index in [2.05, 4.69) is 15.6 Å². The maximum absolute atomic E-state index is 8.92. The molecule has 0 radical (unpaired) electrons. The first-order valence-electron chi connectivity index (χ1n) is 5.97. The summed E-state index contributed by atoms with van der Waals surface area (Å²) in [5.74, 6) is 1.56. The molecule has 0 spiro atoms. The maximum Gasteiger partial charge on any atom is 0.147 e. The molecular weight excluding hydrogens is 273 g/mol. The summed E-state index contributed by atoms with van der Waals surface area (Å²) in [6.07, 6.45) is 1.92. The summed E-state index contributed by atoms with van der Waals surface area (Å²) in [7, 11) is 1.76. The van der Waals surface area contributed by atoms with E-state index in [1.165, 1.54) is 0 Å². The second-order valence-electron chi connectivity index (χ2n) is 4.26. The van der Waals surface area contributed by atoms with Crippen LogP contribution < -0.4 is 10.6 Å². The highest BCUT2D eigenvalue weighted by molar-refractivity contribution is 6.37. The topological polar surface area (TPSA) is 57.2 Å². The third-order valence-corrected chi connectivity index (χ3v) is 3.22. The predicted octanol–water partition coefficient (Wildman–Crippen LogP) is 3.25. The molecule has 102 valence electrons. The summed E-state index contributed by atoms with van der Waals surface area (Å²) in [6.45, 7) is 3.01. The molecule has 1 unspecified atom stereocenters. The van der Waals surface area contributed by atoms with Gasteiger partial charge in [0.1, 0.15) is 11.6 Å². The lowest BCUT2D eigenvalue weighted by Gasteiger charge is -2.12. The molecule has 0 saturated carbocycles. The van der Waals surface area contributed by atoms with E-state index >= 15 is 0 Å². The number of halogens is 2. The summed E-state index contributed by atoms with van der Waals surface area (Å²) >= 11 is 12.0. The number of rotatable bonds is 7. The van der Waals surface area contributed by atoms with Gasteiger partial charge in [0, 0.05) is 20.2 Å². The molecule has 0 aromatic carbocycles. The Bertz CT molecular complexity index is 388. The number of aliphatic hydroxyl groups is 1. The minimum Gasteiger partial charge on any atom is -0.396 e. The van der Waals surface area contributed by atoms with Gasteiger partial charge in [-0.25, -0.2) is 4.98 Å². The van der Waals surface area contributed by atoms with Crippen molar-refractivity contribution >= 4 is 34.8 Å². The Balaban J connectivity index is 2.51. The summed E-state index contributed by atoms with van der Waals surface area (Å²) < 4.78 is 0. The van der Waals surface area contributed by atoms with Gasteiger partial charge in [-0.3, -0.25) is 0 Å². The van der Waals surface area contributed by atoms with E-state index in [0.717, 1.165) is 19.4 Å². The lowest BCUT2D eigenvalue weighted by Crippen LogP contribution is -2.08. The minimum atomic E-state index is 0.226. The molecule has 0 aliphatic rings. The number of hydrogen-bond donors (Lipinski definition) is 3. The highest BCUT2D eigenvalue weighted by Gasteiger charge is 2.08. The minimum absolute atomic E-state index is 0.226. The van der Waals surface area contributed by atoms with Crippen LogP contribution in [0.4, 0.5) is 11.6 Å². The van der Waals surface area contributed by atoms with Gasteiger partial charge in [0.05, 0.1) is 10.0 Å². The highest BCUT2D eigenvalue weighted by atomic mass is 35.5. The Morgan fingerprint density at radius 3 is 2.61 bits per heavy atom. The van der Waals surface area contributed by atoms with Crippen LogP contribution in [0.1, 0.15) is 19.8 Å². The molecule has 0 saturated heterocycles. The Kier molecular flexibility index (Phi) is 6.54. The second kappa shape index (κ2) is 7.67. The third kappa shape index (κ3) is 4.52. The van der Waals surface area contributed by atoms with E-state index in [1.54, 1.807) is 13.1 Å². The van der Waals surface area contributed by atoms with Gasteiger partial charge in [-0.1, -0.05) is 30.1 Å². The molecule has 6 heteroatoms. The van der Waals surface area contributed by atoms with E-state index in [1.807, 2.05) is 6.92 Å². The average molecular weight is 292 g/mol. The van der Waals surface area contributed by atoms with Gasteiger partial charge >= 0.3 is 0 Å². The molecular formula is C12H19Cl2N3O. The monoisotopic (exact) mass is 291 g/mol. The summed E-state index contributed by atoms with van der Waals surface area (Å²) in [4.78, 5) is 4.29. The number of aromatic nitrogens is 1. The molecule has 0 bridgehead atoms. The van der Waals surface area contributed by atoms with Crippen LogP contribution in [0.5, 0.6) is 0 Å². The zero-order valence-corrected chi connectivity index (χ0v) is 12.1. The molecule has 0 aliphatic carbocycles. The van der Waals surface area contributed by atoms with Crippen molar-refractivity contribution in [3.8, 4) is 0 Å². The predicted molar refractivity (Wildman–Crippen MR) is 77.8 cm³/mol. The Hall–Kier alpha value is -0.710. The van der Waals surface area contributed by atoms with Crippen molar-refractivity contribution in [1.29, 1.82) is 0 Å². The van der Waals surface area contributed by atoms with Gasteiger partial charge in [-0.15, -0.1) is 0 Å². The molecule has 1 atom stereocenters. The van der Waals surface area contributed by atoms with Gasteiger partial charge in [-0.2, -0.15) is 0 Å². The number of pyridine rings is 1. The van der Waals surface area contributed by atoms with E-state index in [-0.39, 0.29) is 6.61 Å². The van der Waals surface area contributed by atoms with E-state index in [0.29, 0.717) is 27.6 Å². The second-order valence-corrected chi connectivity index (χ2v) is 5.07. The van der Waals surface area contributed by atoms with Crippen LogP contribution in [-0.4, -0.2) is 30.3 Å². The quantitative estimate of drug-likeness (QED) is 0.675. The molecule has 0 aliphatic heterocycles. The average Bonchev–Trinajstić information content (AvgIpc) is 2.36. The molecule has 1 aromatic rings. The van der Waals surface area contributed by atoms with Crippen molar-refractivity contribution in [2.75, 3.05) is 30.8 Å². The molecule has 1 rings (SSSR count). The van der Waals surface area contributed by atoms with Crippen LogP contribution in [0.15, 0.2) is 6.07 Å². The molecule has 1 aromatic heterocycles. The van der Waals surface area contributed by atoms with Crippen molar-refractivity contribution in [1.82, 2.24) is 4.98 Å². The SMILES string of the molecule is CNc1nc(NCCCC(C)CO)c(Cl)cc1Cl. The zero-order chi connectivity index (χ0) is 13.5. The Morgan fingerprint density at radius 1 is 1.33 bits per heavy atom. The van der Waals surface area contributed by atoms with Crippen LogP contribution in [-0.2, 0) is 0 Å². The van der Waals surface area contributed by atoms with Crippen molar-refractivity contribution < 1.29 is 5.11 Å². The first-order chi connectivity index (χ1) is 8.58. The lowest BCUT2D eigenvalue weighted by atomic mass is 10.1. The summed E-state index contributed by atoms with van der Waals surface area (Å²) in [5, 5.41) is 16.0. The van der Waals surface area contributed by atoms with Crippen molar-refractivity contribution in [2.24, 2.45) is 5.92 Å². The van der Waals surface area contributed by atoms with E-state index in [9.17, 15) is 0 Å². The highest BCUT2D eigenvalue weighted by Crippen LogP contribution is 2.28. The van der Waals surface area contributed by atoms with Crippen LogP contribution in [0.25, 0.3) is 0 Å². The first kappa shape index (κ1) is 15.3. The van der Waals surface area contributed by atoms with Crippen LogP contribution >= 0.6 is 23.2 Å². The summed E-state index contributed by atoms with van der Waals surface area (Å²) in [5.41, 5.74) is 0. The van der Waals surface area contributed by atoms with E-state index < -0.39 is 0 Å². The molecule has 1 heterocycles.